The number of carbonyl (C=O) groups is 2. The van der Waals surface area contributed by atoms with Crippen molar-refractivity contribution >= 4 is 23.1 Å². The Labute approximate surface area is 478 Å². The van der Waals surface area contributed by atoms with Crippen molar-refractivity contribution in [2.45, 2.75) is 64.2 Å². The van der Waals surface area contributed by atoms with Crippen LogP contribution in [0.1, 0.15) is 80.3 Å². The number of aliphatic hydroxyl groups is 2. The molecular weight excluding hydrogens is 1110 g/mol. The maximum absolute atomic E-state index is 14.3. The van der Waals surface area contributed by atoms with Gasteiger partial charge in [0, 0.05) is 98.1 Å². The van der Waals surface area contributed by atoms with Crippen molar-refractivity contribution in [2.75, 3.05) is 80.9 Å². The number of hydrogen-bond acceptors (Lipinski definition) is 16. The van der Waals surface area contributed by atoms with Gasteiger partial charge in [0.1, 0.15) is 22.6 Å². The quantitative estimate of drug-likeness (QED) is 0.0987. The molecule has 20 nitrogen and oxygen atoms in total. The molecule has 8 heterocycles. The highest BCUT2D eigenvalue weighted by Gasteiger charge is 2.42. The molecule has 0 spiro atoms. The number of nitrogens with zero attached hydrogens (tertiary/aromatic N) is 12. The Balaban J connectivity index is 0.000000202. The molecule has 0 radical (unpaired) electrons. The zero-order valence-corrected chi connectivity index (χ0v) is 47.2. The summed E-state index contributed by atoms with van der Waals surface area (Å²) in [5.74, 6) is 1.09. The fraction of sp³-hybridized carbons (Fsp3) is 0.379. The summed E-state index contributed by atoms with van der Waals surface area (Å²) in [5.41, 5.74) is 0.137. The summed E-state index contributed by atoms with van der Waals surface area (Å²) < 4.78 is 108. The Morgan fingerprint density at radius 1 is 0.548 bits per heavy atom. The smallest absolute Gasteiger partial charge is 0.433 e. The van der Waals surface area contributed by atoms with Crippen molar-refractivity contribution in [1.29, 1.82) is 0 Å². The molecule has 8 aromatic rings. The summed E-state index contributed by atoms with van der Waals surface area (Å²) in [6.45, 7) is 8.41. The van der Waals surface area contributed by atoms with Crippen LogP contribution < -0.4 is 18.9 Å². The van der Waals surface area contributed by atoms with E-state index in [4.69, 9.17) is 18.9 Å². The van der Waals surface area contributed by atoms with Gasteiger partial charge >= 0.3 is 12.4 Å². The van der Waals surface area contributed by atoms with Crippen LogP contribution in [0.2, 0.25) is 0 Å². The van der Waals surface area contributed by atoms with Gasteiger partial charge in [0.15, 0.2) is 22.7 Å². The molecule has 26 heteroatoms. The van der Waals surface area contributed by atoms with Crippen LogP contribution in [0.25, 0.3) is 33.8 Å². The number of methoxy groups -OCH3 is 4. The first-order valence-corrected chi connectivity index (χ1v) is 26.7. The highest BCUT2D eigenvalue weighted by Crippen LogP contribution is 2.39. The van der Waals surface area contributed by atoms with E-state index in [1.807, 2.05) is 26.0 Å². The number of aliphatic hydroxyl groups excluding tert-OH is 2. The molecule has 2 amide bonds. The number of carbonyl (C=O) groups excluding carboxylic acids is 2. The van der Waals surface area contributed by atoms with Gasteiger partial charge in [-0.25, -0.2) is 29.0 Å². The number of rotatable bonds is 14. The lowest BCUT2D eigenvalue weighted by atomic mass is 10.0. The monoisotopic (exact) mass is 1170 g/mol. The number of halogens is 6. The summed E-state index contributed by atoms with van der Waals surface area (Å²) in [4.78, 5) is 52.4. The number of ether oxygens (including phenoxy) is 4. The van der Waals surface area contributed by atoms with E-state index in [0.29, 0.717) is 82.7 Å². The molecule has 10 rings (SSSR count). The third-order valence-corrected chi connectivity index (χ3v) is 15.3. The summed E-state index contributed by atoms with van der Waals surface area (Å²) in [6, 6.07) is 18.9. The molecule has 2 aliphatic heterocycles. The van der Waals surface area contributed by atoms with E-state index in [2.05, 4.69) is 39.9 Å². The van der Waals surface area contributed by atoms with E-state index in [1.165, 1.54) is 42.3 Å². The topological polar surface area (TPSA) is 211 Å². The van der Waals surface area contributed by atoms with Crippen LogP contribution >= 0.6 is 0 Å². The molecular formula is C58H62F6N12O8. The fourth-order valence-corrected chi connectivity index (χ4v) is 10.9. The lowest BCUT2D eigenvalue weighted by Gasteiger charge is -2.42. The molecule has 0 aliphatic carbocycles. The Morgan fingerprint density at radius 2 is 0.917 bits per heavy atom. The predicted molar refractivity (Wildman–Crippen MR) is 295 cm³/mol. The normalized spacial score (nSPS) is 17.0. The second-order valence-corrected chi connectivity index (χ2v) is 20.3. The maximum Gasteiger partial charge on any atom is 0.433 e. The predicted octanol–water partition coefficient (Wildman–Crippen LogP) is 8.03. The van der Waals surface area contributed by atoms with Crippen molar-refractivity contribution in [3.63, 3.8) is 0 Å². The van der Waals surface area contributed by atoms with Gasteiger partial charge in [-0.15, -0.1) is 0 Å². The van der Waals surface area contributed by atoms with E-state index in [1.54, 1.807) is 82.9 Å². The second-order valence-electron chi connectivity index (χ2n) is 20.3. The average Bonchev–Trinajstić information content (AvgIpc) is 1.95. The first kappa shape index (κ1) is 60.1. The van der Waals surface area contributed by atoms with Gasteiger partial charge in [-0.1, -0.05) is 12.1 Å². The first-order chi connectivity index (χ1) is 40.1. The van der Waals surface area contributed by atoms with E-state index in [0.717, 1.165) is 23.5 Å². The number of alkyl halides is 6. The van der Waals surface area contributed by atoms with Crippen molar-refractivity contribution in [2.24, 2.45) is 0 Å². The molecule has 2 saturated heterocycles. The summed E-state index contributed by atoms with van der Waals surface area (Å²) in [7, 11) is 6.04. The summed E-state index contributed by atoms with van der Waals surface area (Å²) in [5, 5.41) is 28.2. The number of fused-ring (bicyclic) bond motifs is 2. The lowest BCUT2D eigenvalue weighted by molar-refractivity contribution is -0.144. The minimum atomic E-state index is -4.74. The molecule has 2 N–H and O–H groups in total. The summed E-state index contributed by atoms with van der Waals surface area (Å²) >= 11 is 0. The molecule has 0 saturated carbocycles. The summed E-state index contributed by atoms with van der Waals surface area (Å²) in [6.07, 6.45) is -3.90. The highest BCUT2D eigenvalue weighted by molar-refractivity contribution is 6.01. The maximum atomic E-state index is 14.3. The van der Waals surface area contributed by atoms with Crippen molar-refractivity contribution in [3.8, 4) is 45.8 Å². The second kappa shape index (κ2) is 24.8. The molecule has 444 valence electrons. The Hall–Kier alpha value is -8.46. The average molecular weight is 1170 g/mol. The number of aromatic nitrogens is 8. The molecule has 6 aromatic heterocycles. The minimum absolute atomic E-state index is 0.0198. The molecule has 4 atom stereocenters. The van der Waals surface area contributed by atoms with Gasteiger partial charge in [0.05, 0.1) is 77.5 Å². The SMILES string of the molecule is COc1ccc(-c2nc3c(C(=O)N4CCN([C@@H](CO)c5ccc(OC)nc5)C[C@H]4C)cnn3c(C(F)(F)F)c2C)cc1.COc1ccc(-c2nc3c(C(=O)N4CCN([C@H](CO)c5ccc(OC)nc5)C[C@H]4C)cnn3c(C(F)(F)F)c2C)cc1. The molecule has 0 unspecified atom stereocenters. The van der Waals surface area contributed by atoms with E-state index >= 15 is 0 Å². The molecule has 0 bridgehead atoms. The van der Waals surface area contributed by atoms with Gasteiger partial charge in [0.25, 0.3) is 11.8 Å². The van der Waals surface area contributed by atoms with E-state index < -0.39 is 35.6 Å². The fourth-order valence-electron chi connectivity index (χ4n) is 10.9. The first-order valence-electron chi connectivity index (χ1n) is 26.7. The van der Waals surface area contributed by atoms with Crippen molar-refractivity contribution in [1.82, 2.24) is 58.8 Å². The lowest BCUT2D eigenvalue weighted by Crippen LogP contribution is -2.55. The van der Waals surface area contributed by atoms with Crippen LogP contribution in [-0.4, -0.2) is 174 Å². The van der Waals surface area contributed by atoms with Gasteiger partial charge < -0.3 is 39.0 Å². The van der Waals surface area contributed by atoms with Crippen molar-refractivity contribution < 1.29 is 65.1 Å². The van der Waals surface area contributed by atoms with Gasteiger partial charge in [0.2, 0.25) is 11.8 Å². The van der Waals surface area contributed by atoms with Crippen LogP contribution in [0.15, 0.2) is 97.6 Å². The number of pyridine rings is 2. The van der Waals surface area contributed by atoms with Gasteiger partial charge in [-0.3, -0.25) is 19.4 Å². The van der Waals surface area contributed by atoms with Crippen molar-refractivity contribution in [3.05, 3.63) is 142 Å². The van der Waals surface area contributed by atoms with Crippen LogP contribution in [0.3, 0.4) is 0 Å². The number of piperazine rings is 2. The Kier molecular flexibility index (Phi) is 17.7. The van der Waals surface area contributed by atoms with Gasteiger partial charge in [-0.05, 0) is 87.4 Å². The largest absolute Gasteiger partial charge is 0.497 e. The molecule has 84 heavy (non-hydrogen) atoms. The molecule has 2 aliphatic rings. The molecule has 2 fully saturated rings. The highest BCUT2D eigenvalue weighted by atomic mass is 19.4. The third-order valence-electron chi connectivity index (χ3n) is 15.3. The minimum Gasteiger partial charge on any atom is -0.497 e. The standard InChI is InChI=1S/2C29H31F3N6O4/c2*1-17-15-36(23(16-39)20-7-10-24(42-4)33-13-20)11-12-37(17)28(40)22-14-34-38-26(29(30,31)32)18(2)25(35-27(22)38)19-5-8-21(41-3)9-6-19/h2*5-10,13-14,17,23,39H,11-12,15-16H2,1-4H3/t17-,23+;17-,23-/m11/s1. The third kappa shape index (κ3) is 12.0. The number of amides is 2. The number of benzene rings is 2. The Morgan fingerprint density at radius 3 is 1.20 bits per heavy atom. The van der Waals surface area contributed by atoms with Crippen LogP contribution in [0.5, 0.6) is 23.3 Å². The van der Waals surface area contributed by atoms with Crippen LogP contribution in [0.4, 0.5) is 26.3 Å². The van der Waals surface area contributed by atoms with Gasteiger partial charge in [-0.2, -0.15) is 36.5 Å². The number of hydrogen-bond donors (Lipinski definition) is 2. The van der Waals surface area contributed by atoms with Crippen LogP contribution in [-0.2, 0) is 12.4 Å². The zero-order chi connectivity index (χ0) is 60.4. The zero-order valence-electron chi connectivity index (χ0n) is 47.2. The van der Waals surface area contributed by atoms with Crippen LogP contribution in [0, 0.1) is 13.8 Å². The van der Waals surface area contributed by atoms with E-state index in [-0.39, 0.29) is 82.3 Å². The Bertz CT molecular complexity index is 3380. The molecule has 2 aromatic carbocycles. The van der Waals surface area contributed by atoms with E-state index in [9.17, 15) is 46.1 Å².